The highest BCUT2D eigenvalue weighted by Gasteiger charge is 2.29. The van der Waals surface area contributed by atoms with Crippen molar-refractivity contribution in [3.05, 3.63) is 18.1 Å². The average molecular weight is 167 g/mol. The van der Waals surface area contributed by atoms with E-state index in [-0.39, 0.29) is 12.0 Å². The van der Waals surface area contributed by atoms with Crippen LogP contribution >= 0.6 is 0 Å². The molecule has 0 unspecified atom stereocenters. The number of anilines is 1. The van der Waals surface area contributed by atoms with Gasteiger partial charge in [0, 0.05) is 6.42 Å². The van der Waals surface area contributed by atoms with Crippen molar-refractivity contribution in [1.82, 2.24) is 0 Å². The van der Waals surface area contributed by atoms with E-state index in [2.05, 4.69) is 10.1 Å². The quantitative estimate of drug-likeness (QED) is 0.628. The fraction of sp³-hybridized carbons (Fsp3) is 0.375. The number of ether oxygens (including phenoxy) is 1. The number of fused-ring (bicyclic) bond motifs is 1. The second-order valence-electron chi connectivity index (χ2n) is 2.68. The topological polar surface area (TPSA) is 51.5 Å². The van der Waals surface area contributed by atoms with E-state index in [0.717, 1.165) is 11.4 Å². The second kappa shape index (κ2) is 2.55. The van der Waals surface area contributed by atoms with Gasteiger partial charge in [-0.3, -0.25) is 0 Å². The van der Waals surface area contributed by atoms with Gasteiger partial charge in [-0.1, -0.05) is 0 Å². The van der Waals surface area contributed by atoms with Gasteiger partial charge in [0.15, 0.2) is 0 Å². The van der Waals surface area contributed by atoms with E-state index >= 15 is 0 Å². The molecule has 4 heteroatoms. The van der Waals surface area contributed by atoms with Crippen molar-refractivity contribution in [2.24, 2.45) is 0 Å². The van der Waals surface area contributed by atoms with Crippen LogP contribution in [-0.2, 0) is 16.0 Å². The van der Waals surface area contributed by atoms with Gasteiger partial charge in [0.1, 0.15) is 11.8 Å². The van der Waals surface area contributed by atoms with Crippen molar-refractivity contribution >= 4 is 11.7 Å². The molecule has 0 spiro atoms. The van der Waals surface area contributed by atoms with Gasteiger partial charge in [-0.25, -0.2) is 4.79 Å². The maximum atomic E-state index is 11.1. The van der Waals surface area contributed by atoms with Crippen molar-refractivity contribution in [3.8, 4) is 0 Å². The number of esters is 1. The van der Waals surface area contributed by atoms with E-state index in [1.54, 1.807) is 12.3 Å². The molecule has 1 atom stereocenters. The first-order chi connectivity index (χ1) is 5.81. The van der Waals surface area contributed by atoms with Gasteiger partial charge in [0.25, 0.3) is 0 Å². The summed E-state index contributed by atoms with van der Waals surface area (Å²) in [6.07, 6.45) is 2.18. The average Bonchev–Trinajstić information content (AvgIpc) is 2.60. The SMILES string of the molecule is COC(=O)[C@H]1Cc2occc2N1. The Bertz CT molecular complexity index is 285. The Balaban J connectivity index is 2.12. The zero-order valence-corrected chi connectivity index (χ0v) is 6.66. The third kappa shape index (κ3) is 0.958. The normalized spacial score (nSPS) is 19.9. The smallest absolute Gasteiger partial charge is 0.328 e. The summed E-state index contributed by atoms with van der Waals surface area (Å²) < 4.78 is 9.72. The Labute approximate surface area is 69.5 Å². The van der Waals surface area contributed by atoms with E-state index in [1.165, 1.54) is 7.11 Å². The number of hydrogen-bond donors (Lipinski definition) is 1. The fourth-order valence-electron chi connectivity index (χ4n) is 1.34. The molecule has 12 heavy (non-hydrogen) atoms. The molecule has 1 aliphatic rings. The van der Waals surface area contributed by atoms with Crippen LogP contribution in [0.25, 0.3) is 0 Å². The molecule has 1 aromatic rings. The standard InChI is InChI=1S/C8H9NO3/c1-11-8(10)6-4-7-5(9-6)2-3-12-7/h2-3,6,9H,4H2,1H3/t6-/m1/s1. The van der Waals surface area contributed by atoms with Crippen molar-refractivity contribution in [2.75, 3.05) is 12.4 Å². The zero-order valence-electron chi connectivity index (χ0n) is 6.66. The van der Waals surface area contributed by atoms with Crippen molar-refractivity contribution in [3.63, 3.8) is 0 Å². The van der Waals surface area contributed by atoms with Gasteiger partial charge in [0.05, 0.1) is 19.1 Å². The fourth-order valence-corrected chi connectivity index (χ4v) is 1.34. The molecule has 0 amide bonds. The van der Waals surface area contributed by atoms with Gasteiger partial charge >= 0.3 is 5.97 Å². The molecule has 4 nitrogen and oxygen atoms in total. The van der Waals surface area contributed by atoms with Gasteiger partial charge < -0.3 is 14.5 Å². The van der Waals surface area contributed by atoms with Crippen LogP contribution in [0.1, 0.15) is 5.76 Å². The Morgan fingerprint density at radius 3 is 3.33 bits per heavy atom. The van der Waals surface area contributed by atoms with Crippen LogP contribution in [0.3, 0.4) is 0 Å². The van der Waals surface area contributed by atoms with Gasteiger partial charge in [-0.2, -0.15) is 0 Å². The van der Waals surface area contributed by atoms with Crippen LogP contribution < -0.4 is 5.32 Å². The highest BCUT2D eigenvalue weighted by molar-refractivity contribution is 5.82. The summed E-state index contributed by atoms with van der Waals surface area (Å²) in [5.74, 6) is 0.576. The molecule has 0 bridgehead atoms. The minimum absolute atomic E-state index is 0.249. The molecular weight excluding hydrogens is 158 g/mol. The van der Waals surface area contributed by atoms with E-state index in [1.807, 2.05) is 0 Å². The minimum atomic E-state index is -0.273. The number of hydrogen-bond acceptors (Lipinski definition) is 4. The Morgan fingerprint density at radius 2 is 2.67 bits per heavy atom. The predicted octanol–water partition coefficient (Wildman–Crippen LogP) is 0.789. The lowest BCUT2D eigenvalue weighted by Gasteiger charge is -2.06. The second-order valence-corrected chi connectivity index (χ2v) is 2.68. The largest absolute Gasteiger partial charge is 0.467 e. The molecule has 64 valence electrons. The number of rotatable bonds is 1. The van der Waals surface area contributed by atoms with Crippen molar-refractivity contribution in [2.45, 2.75) is 12.5 Å². The summed E-state index contributed by atoms with van der Waals surface area (Å²) in [5.41, 5.74) is 0.894. The number of nitrogens with one attached hydrogen (secondary N) is 1. The minimum Gasteiger partial charge on any atom is -0.467 e. The summed E-state index contributed by atoms with van der Waals surface area (Å²) >= 11 is 0. The lowest BCUT2D eigenvalue weighted by atomic mass is 10.2. The summed E-state index contributed by atoms with van der Waals surface area (Å²) in [6.45, 7) is 0. The number of carbonyl (C=O) groups is 1. The molecule has 1 N–H and O–H groups in total. The van der Waals surface area contributed by atoms with Gasteiger partial charge in [-0.05, 0) is 6.07 Å². The Morgan fingerprint density at radius 1 is 1.83 bits per heavy atom. The molecule has 0 aromatic carbocycles. The summed E-state index contributed by atoms with van der Waals surface area (Å²) in [5, 5.41) is 3.00. The van der Waals surface area contributed by atoms with Gasteiger partial charge in [0.2, 0.25) is 0 Å². The summed E-state index contributed by atoms with van der Waals surface area (Å²) in [4.78, 5) is 11.1. The van der Waals surface area contributed by atoms with Crippen LogP contribution in [0.4, 0.5) is 5.69 Å². The molecule has 1 aliphatic heterocycles. The first-order valence-electron chi connectivity index (χ1n) is 3.72. The maximum Gasteiger partial charge on any atom is 0.328 e. The Kier molecular flexibility index (Phi) is 1.53. The molecule has 0 fully saturated rings. The summed E-state index contributed by atoms with van der Waals surface area (Å²) in [6, 6.07) is 1.53. The number of furan rings is 1. The van der Waals surface area contributed by atoms with Crippen LogP contribution in [0.2, 0.25) is 0 Å². The Hall–Kier alpha value is -1.45. The van der Waals surface area contributed by atoms with Crippen LogP contribution in [0.15, 0.2) is 16.7 Å². The lowest BCUT2D eigenvalue weighted by Crippen LogP contribution is -2.28. The maximum absolute atomic E-state index is 11.1. The molecule has 2 rings (SSSR count). The van der Waals surface area contributed by atoms with Gasteiger partial charge in [-0.15, -0.1) is 0 Å². The van der Waals surface area contributed by atoms with Crippen LogP contribution in [-0.4, -0.2) is 19.1 Å². The van der Waals surface area contributed by atoms with E-state index in [0.29, 0.717) is 6.42 Å². The molecular formula is C8H9NO3. The molecule has 0 radical (unpaired) electrons. The highest BCUT2D eigenvalue weighted by atomic mass is 16.5. The van der Waals surface area contributed by atoms with E-state index in [9.17, 15) is 4.79 Å². The molecule has 2 heterocycles. The van der Waals surface area contributed by atoms with Crippen LogP contribution in [0.5, 0.6) is 0 Å². The highest BCUT2D eigenvalue weighted by Crippen LogP contribution is 2.26. The molecule has 0 aliphatic carbocycles. The number of carbonyl (C=O) groups excluding carboxylic acids is 1. The van der Waals surface area contributed by atoms with Crippen LogP contribution in [0, 0.1) is 0 Å². The third-order valence-electron chi connectivity index (χ3n) is 1.95. The number of methoxy groups -OCH3 is 1. The van der Waals surface area contributed by atoms with E-state index < -0.39 is 0 Å². The third-order valence-corrected chi connectivity index (χ3v) is 1.95. The van der Waals surface area contributed by atoms with Crippen molar-refractivity contribution in [1.29, 1.82) is 0 Å². The first-order valence-corrected chi connectivity index (χ1v) is 3.72. The molecule has 0 saturated heterocycles. The van der Waals surface area contributed by atoms with E-state index in [4.69, 9.17) is 4.42 Å². The lowest BCUT2D eigenvalue weighted by molar-refractivity contribution is -0.141. The predicted molar refractivity (Wildman–Crippen MR) is 41.8 cm³/mol. The zero-order chi connectivity index (χ0) is 8.55. The molecule has 0 saturated carbocycles. The monoisotopic (exact) mass is 167 g/mol. The van der Waals surface area contributed by atoms with Crippen molar-refractivity contribution < 1.29 is 13.9 Å². The summed E-state index contributed by atoms with van der Waals surface area (Å²) in [7, 11) is 1.38. The molecule has 1 aromatic heterocycles. The first kappa shape index (κ1) is 7.21.